The van der Waals surface area contributed by atoms with Gasteiger partial charge in [0, 0.05) is 18.5 Å². The average Bonchev–Trinajstić information content (AvgIpc) is 2.18. The highest BCUT2D eigenvalue weighted by molar-refractivity contribution is 7.90. The summed E-state index contributed by atoms with van der Waals surface area (Å²) in [6.07, 6.45) is 3.92. The highest BCUT2D eigenvalue weighted by Gasteiger charge is 2.05. The summed E-state index contributed by atoms with van der Waals surface area (Å²) < 4.78 is 22.3. The molecule has 0 aromatic heterocycles. The van der Waals surface area contributed by atoms with Gasteiger partial charge in [-0.3, -0.25) is 0 Å². The zero-order valence-corrected chi connectivity index (χ0v) is 9.55. The maximum atomic E-state index is 11.2. The summed E-state index contributed by atoms with van der Waals surface area (Å²) in [5.74, 6) is 0. The van der Waals surface area contributed by atoms with Crippen LogP contribution in [0.5, 0.6) is 0 Å². The average molecular weight is 225 g/mol. The van der Waals surface area contributed by atoms with Crippen LogP contribution in [0.2, 0.25) is 0 Å². The van der Waals surface area contributed by atoms with Crippen molar-refractivity contribution < 1.29 is 8.42 Å². The fourth-order valence-corrected chi connectivity index (χ4v) is 1.77. The lowest BCUT2D eigenvalue weighted by molar-refractivity contribution is 0.602. The molecule has 0 saturated carbocycles. The number of anilines is 1. The Morgan fingerprint density at radius 2 is 1.93 bits per heavy atom. The molecule has 0 aliphatic heterocycles. The molecule has 0 amide bonds. The summed E-state index contributed by atoms with van der Waals surface area (Å²) >= 11 is 0. The van der Waals surface area contributed by atoms with E-state index < -0.39 is 9.84 Å². The van der Waals surface area contributed by atoms with E-state index in [4.69, 9.17) is 0 Å². The normalized spacial score (nSPS) is 11.0. The minimum Gasteiger partial charge on any atom is -0.385 e. The summed E-state index contributed by atoms with van der Waals surface area (Å²) in [6.45, 7) is 4.43. The number of hydrogen-bond donors (Lipinski definition) is 1. The van der Waals surface area contributed by atoms with E-state index >= 15 is 0 Å². The molecular formula is C11H15NO2S. The van der Waals surface area contributed by atoms with Crippen LogP contribution in [0.1, 0.15) is 6.42 Å². The molecule has 0 saturated heterocycles. The second kappa shape index (κ2) is 4.98. The van der Waals surface area contributed by atoms with Gasteiger partial charge in [0.2, 0.25) is 0 Å². The number of nitrogens with one attached hydrogen (secondary N) is 1. The second-order valence-electron chi connectivity index (χ2n) is 3.30. The van der Waals surface area contributed by atoms with Gasteiger partial charge in [0.05, 0.1) is 4.90 Å². The minimum atomic E-state index is -3.09. The van der Waals surface area contributed by atoms with E-state index in [9.17, 15) is 8.42 Å². The standard InChI is InChI=1S/C11H15NO2S/c1-3-4-9-12-10-5-7-11(8-6-10)15(2,13)14/h3,5-8,12H,1,4,9H2,2H3. The lowest BCUT2D eigenvalue weighted by atomic mass is 10.3. The van der Waals surface area contributed by atoms with E-state index in [0.29, 0.717) is 4.90 Å². The van der Waals surface area contributed by atoms with Crippen molar-refractivity contribution in [2.75, 3.05) is 18.1 Å². The Balaban J connectivity index is 2.69. The first kappa shape index (κ1) is 11.8. The molecule has 0 unspecified atom stereocenters. The Bertz CT molecular complexity index is 420. The Morgan fingerprint density at radius 3 is 2.40 bits per heavy atom. The maximum absolute atomic E-state index is 11.2. The van der Waals surface area contributed by atoms with E-state index in [2.05, 4.69) is 11.9 Å². The molecule has 0 bridgehead atoms. The van der Waals surface area contributed by atoms with Crippen LogP contribution < -0.4 is 5.32 Å². The van der Waals surface area contributed by atoms with Crippen molar-refractivity contribution in [3.63, 3.8) is 0 Å². The first-order chi connectivity index (χ1) is 7.04. The number of sulfone groups is 1. The predicted molar refractivity (Wildman–Crippen MR) is 62.9 cm³/mol. The van der Waals surface area contributed by atoms with E-state index in [1.165, 1.54) is 6.26 Å². The van der Waals surface area contributed by atoms with Crippen molar-refractivity contribution in [2.45, 2.75) is 11.3 Å². The second-order valence-corrected chi connectivity index (χ2v) is 5.32. The highest BCUT2D eigenvalue weighted by Crippen LogP contribution is 2.13. The Morgan fingerprint density at radius 1 is 1.33 bits per heavy atom. The lowest BCUT2D eigenvalue weighted by Crippen LogP contribution is -2.01. The fourth-order valence-electron chi connectivity index (χ4n) is 1.14. The zero-order valence-electron chi connectivity index (χ0n) is 8.73. The van der Waals surface area contributed by atoms with Crippen molar-refractivity contribution in [3.05, 3.63) is 36.9 Å². The van der Waals surface area contributed by atoms with E-state index in [0.717, 1.165) is 18.7 Å². The lowest BCUT2D eigenvalue weighted by Gasteiger charge is -2.05. The van der Waals surface area contributed by atoms with Crippen molar-refractivity contribution in [2.24, 2.45) is 0 Å². The van der Waals surface area contributed by atoms with Crippen LogP contribution in [0.3, 0.4) is 0 Å². The molecule has 82 valence electrons. The molecule has 0 heterocycles. The van der Waals surface area contributed by atoms with Gasteiger partial charge >= 0.3 is 0 Å². The van der Waals surface area contributed by atoms with Crippen molar-refractivity contribution in [1.29, 1.82) is 0 Å². The summed E-state index contributed by atoms with van der Waals surface area (Å²) in [6, 6.07) is 6.73. The highest BCUT2D eigenvalue weighted by atomic mass is 32.2. The Labute approximate surface area is 90.7 Å². The van der Waals surface area contributed by atoms with Gasteiger partial charge in [-0.25, -0.2) is 8.42 Å². The van der Waals surface area contributed by atoms with Gasteiger partial charge in [0.1, 0.15) is 0 Å². The van der Waals surface area contributed by atoms with Crippen LogP contribution in [-0.2, 0) is 9.84 Å². The van der Waals surface area contributed by atoms with Crippen LogP contribution in [0, 0.1) is 0 Å². The third-order valence-corrected chi connectivity index (χ3v) is 3.09. The molecular weight excluding hydrogens is 210 g/mol. The molecule has 0 spiro atoms. The molecule has 0 radical (unpaired) electrons. The van der Waals surface area contributed by atoms with Gasteiger partial charge in [-0.15, -0.1) is 6.58 Å². The summed E-state index contributed by atoms with van der Waals surface area (Å²) in [5, 5.41) is 3.16. The molecule has 1 aromatic rings. The van der Waals surface area contributed by atoms with Gasteiger partial charge < -0.3 is 5.32 Å². The number of rotatable bonds is 5. The van der Waals surface area contributed by atoms with E-state index in [-0.39, 0.29) is 0 Å². The Kier molecular flexibility index (Phi) is 3.91. The number of hydrogen-bond acceptors (Lipinski definition) is 3. The first-order valence-electron chi connectivity index (χ1n) is 4.69. The third-order valence-electron chi connectivity index (χ3n) is 1.96. The maximum Gasteiger partial charge on any atom is 0.175 e. The van der Waals surface area contributed by atoms with Gasteiger partial charge in [-0.2, -0.15) is 0 Å². The molecule has 1 rings (SSSR count). The molecule has 0 aliphatic carbocycles. The van der Waals surface area contributed by atoms with Crippen LogP contribution in [0.25, 0.3) is 0 Å². The molecule has 1 N–H and O–H groups in total. The summed E-state index contributed by atoms with van der Waals surface area (Å²) in [5.41, 5.74) is 0.921. The SMILES string of the molecule is C=CCCNc1ccc(S(C)(=O)=O)cc1. The monoisotopic (exact) mass is 225 g/mol. The van der Waals surface area contributed by atoms with Crippen molar-refractivity contribution >= 4 is 15.5 Å². The first-order valence-corrected chi connectivity index (χ1v) is 6.58. The molecule has 3 nitrogen and oxygen atoms in total. The van der Waals surface area contributed by atoms with Crippen LogP contribution in [-0.4, -0.2) is 21.2 Å². The molecule has 0 atom stereocenters. The van der Waals surface area contributed by atoms with Gasteiger partial charge in [-0.05, 0) is 30.7 Å². The van der Waals surface area contributed by atoms with Gasteiger partial charge in [0.15, 0.2) is 9.84 Å². The quantitative estimate of drug-likeness (QED) is 0.616. The number of benzene rings is 1. The Hall–Kier alpha value is -1.29. The minimum absolute atomic E-state index is 0.344. The van der Waals surface area contributed by atoms with Crippen LogP contribution in [0.4, 0.5) is 5.69 Å². The van der Waals surface area contributed by atoms with E-state index in [1.807, 2.05) is 6.08 Å². The molecule has 0 fully saturated rings. The third kappa shape index (κ3) is 3.75. The van der Waals surface area contributed by atoms with Gasteiger partial charge in [0.25, 0.3) is 0 Å². The summed E-state index contributed by atoms with van der Waals surface area (Å²) in [4.78, 5) is 0.344. The molecule has 4 heteroatoms. The van der Waals surface area contributed by atoms with Crippen LogP contribution >= 0.6 is 0 Å². The zero-order chi connectivity index (χ0) is 11.3. The molecule has 1 aromatic carbocycles. The van der Waals surface area contributed by atoms with Crippen molar-refractivity contribution in [3.8, 4) is 0 Å². The fraction of sp³-hybridized carbons (Fsp3) is 0.273. The largest absolute Gasteiger partial charge is 0.385 e. The van der Waals surface area contributed by atoms with Gasteiger partial charge in [-0.1, -0.05) is 6.08 Å². The predicted octanol–water partition coefficient (Wildman–Crippen LogP) is 2.08. The smallest absolute Gasteiger partial charge is 0.175 e. The topological polar surface area (TPSA) is 46.2 Å². The molecule has 15 heavy (non-hydrogen) atoms. The summed E-state index contributed by atoms with van der Waals surface area (Å²) in [7, 11) is -3.09. The van der Waals surface area contributed by atoms with Crippen molar-refractivity contribution in [1.82, 2.24) is 0 Å². The molecule has 0 aliphatic rings. The van der Waals surface area contributed by atoms with Crippen LogP contribution in [0.15, 0.2) is 41.8 Å². The van der Waals surface area contributed by atoms with E-state index in [1.54, 1.807) is 24.3 Å².